The van der Waals surface area contributed by atoms with Crippen molar-refractivity contribution in [3.63, 3.8) is 0 Å². The number of hydrogen-bond donors (Lipinski definition) is 1. The van der Waals surface area contributed by atoms with Crippen LogP contribution in [-0.2, 0) is 11.2 Å². The summed E-state index contributed by atoms with van der Waals surface area (Å²) in [6.07, 6.45) is -0.217. The number of aromatic nitrogens is 4. The number of benzene rings is 1. The van der Waals surface area contributed by atoms with Crippen molar-refractivity contribution in [3.8, 4) is 5.69 Å². The van der Waals surface area contributed by atoms with Gasteiger partial charge in [0, 0.05) is 0 Å². The summed E-state index contributed by atoms with van der Waals surface area (Å²) in [7, 11) is 0. The predicted molar refractivity (Wildman–Crippen MR) is 60.0 cm³/mol. The zero-order valence-corrected chi connectivity index (χ0v) is 9.58. The lowest BCUT2D eigenvalue weighted by atomic mass is 10.1. The Morgan fingerprint density at radius 3 is 2.53 bits per heavy atom. The maximum Gasteiger partial charge on any atom is 0.311 e. The van der Waals surface area contributed by atoms with Gasteiger partial charge in [-0.1, -0.05) is 6.07 Å². The zero-order valence-electron chi connectivity index (χ0n) is 9.58. The molecule has 0 aliphatic carbocycles. The van der Waals surface area contributed by atoms with Gasteiger partial charge in [-0.15, -0.1) is 15.0 Å². The Hall–Kier alpha value is -2.24. The average Bonchev–Trinajstić information content (AvgIpc) is 2.63. The molecule has 0 amide bonds. The van der Waals surface area contributed by atoms with Gasteiger partial charge in [0.15, 0.2) is 5.82 Å². The van der Waals surface area contributed by atoms with E-state index in [-0.39, 0.29) is 12.2 Å². The summed E-state index contributed by atoms with van der Waals surface area (Å²) in [4.78, 5) is 11.9. The first-order chi connectivity index (χ1) is 8.04. The quantitative estimate of drug-likeness (QED) is 0.850. The van der Waals surface area contributed by atoms with Crippen molar-refractivity contribution in [2.75, 3.05) is 0 Å². The summed E-state index contributed by atoms with van der Waals surface area (Å²) in [5.74, 6) is -0.762. The number of carbonyl (C=O) groups is 1. The molecule has 1 aromatic carbocycles. The number of carboxylic acids is 1. The second kappa shape index (κ2) is 4.32. The van der Waals surface area contributed by atoms with Gasteiger partial charge in [0.25, 0.3) is 0 Å². The molecule has 0 atom stereocenters. The maximum atomic E-state index is 10.5. The van der Waals surface area contributed by atoms with E-state index in [2.05, 4.69) is 15.4 Å². The minimum absolute atomic E-state index is 0.205. The summed E-state index contributed by atoms with van der Waals surface area (Å²) < 4.78 is 0. The molecule has 6 nitrogen and oxygen atoms in total. The molecule has 1 aromatic heterocycles. The second-order valence-electron chi connectivity index (χ2n) is 3.91. The SMILES string of the molecule is Cc1cc(C)cc(-n2nnc(CC(=O)O)n2)c1. The summed E-state index contributed by atoms with van der Waals surface area (Å²) >= 11 is 0. The van der Waals surface area contributed by atoms with E-state index in [9.17, 15) is 4.79 Å². The zero-order chi connectivity index (χ0) is 12.4. The van der Waals surface area contributed by atoms with Crippen LogP contribution >= 0.6 is 0 Å². The molecule has 0 bridgehead atoms. The van der Waals surface area contributed by atoms with Crippen LogP contribution in [0.25, 0.3) is 5.69 Å². The molecule has 0 aliphatic heterocycles. The highest BCUT2D eigenvalue weighted by molar-refractivity contribution is 5.68. The molecule has 0 saturated heterocycles. The maximum absolute atomic E-state index is 10.5. The second-order valence-corrected chi connectivity index (χ2v) is 3.91. The molecule has 17 heavy (non-hydrogen) atoms. The van der Waals surface area contributed by atoms with Gasteiger partial charge >= 0.3 is 5.97 Å². The number of aryl methyl sites for hydroxylation is 2. The molecule has 1 heterocycles. The number of carboxylic acid groups (broad SMARTS) is 1. The Morgan fingerprint density at radius 1 is 1.29 bits per heavy atom. The molecule has 0 unspecified atom stereocenters. The van der Waals surface area contributed by atoms with E-state index < -0.39 is 5.97 Å². The Morgan fingerprint density at radius 2 is 1.94 bits per heavy atom. The Balaban J connectivity index is 2.33. The molecule has 6 heteroatoms. The number of hydrogen-bond acceptors (Lipinski definition) is 4. The van der Waals surface area contributed by atoms with Crippen LogP contribution in [0.4, 0.5) is 0 Å². The monoisotopic (exact) mass is 232 g/mol. The molecule has 0 saturated carbocycles. The average molecular weight is 232 g/mol. The Kier molecular flexibility index (Phi) is 2.86. The lowest BCUT2D eigenvalue weighted by Crippen LogP contribution is -2.03. The van der Waals surface area contributed by atoms with E-state index in [0.717, 1.165) is 16.8 Å². The van der Waals surface area contributed by atoms with Crippen molar-refractivity contribution in [1.82, 2.24) is 20.2 Å². The molecule has 1 N–H and O–H groups in total. The number of rotatable bonds is 3. The topological polar surface area (TPSA) is 80.9 Å². The summed E-state index contributed by atoms with van der Waals surface area (Å²) in [6, 6.07) is 5.87. The first kappa shape index (κ1) is 11.3. The fourth-order valence-electron chi connectivity index (χ4n) is 1.62. The van der Waals surface area contributed by atoms with Crippen LogP contribution < -0.4 is 0 Å². The molecule has 2 rings (SSSR count). The van der Waals surface area contributed by atoms with E-state index in [0.29, 0.717) is 0 Å². The van der Waals surface area contributed by atoms with Gasteiger partial charge in [-0.25, -0.2) is 0 Å². The highest BCUT2D eigenvalue weighted by Crippen LogP contribution is 2.11. The van der Waals surface area contributed by atoms with Crippen molar-refractivity contribution < 1.29 is 9.90 Å². The largest absolute Gasteiger partial charge is 0.481 e. The first-order valence-corrected chi connectivity index (χ1v) is 5.14. The van der Waals surface area contributed by atoms with Crippen LogP contribution in [0.3, 0.4) is 0 Å². The van der Waals surface area contributed by atoms with Crippen LogP contribution in [0.1, 0.15) is 17.0 Å². The van der Waals surface area contributed by atoms with Crippen molar-refractivity contribution in [1.29, 1.82) is 0 Å². The molecular weight excluding hydrogens is 220 g/mol. The van der Waals surface area contributed by atoms with Crippen molar-refractivity contribution in [3.05, 3.63) is 35.2 Å². The minimum atomic E-state index is -0.968. The third-order valence-corrected chi connectivity index (χ3v) is 2.20. The van der Waals surface area contributed by atoms with Crippen LogP contribution in [0.15, 0.2) is 18.2 Å². The van der Waals surface area contributed by atoms with Crippen LogP contribution in [0.5, 0.6) is 0 Å². The third-order valence-electron chi connectivity index (χ3n) is 2.20. The molecule has 0 aliphatic rings. The Bertz CT molecular complexity index is 542. The van der Waals surface area contributed by atoms with Gasteiger partial charge in [-0.3, -0.25) is 4.79 Å². The van der Waals surface area contributed by atoms with E-state index in [1.54, 1.807) is 0 Å². The summed E-state index contributed by atoms with van der Waals surface area (Å²) in [6.45, 7) is 3.96. The molecular formula is C11H12N4O2. The lowest BCUT2D eigenvalue weighted by Gasteiger charge is -2.02. The number of nitrogens with zero attached hydrogens (tertiary/aromatic N) is 4. The molecule has 0 spiro atoms. The predicted octanol–water partition coefficient (Wildman–Crippen LogP) is 0.906. The highest BCUT2D eigenvalue weighted by atomic mass is 16.4. The van der Waals surface area contributed by atoms with Gasteiger partial charge in [0.1, 0.15) is 6.42 Å². The third kappa shape index (κ3) is 2.66. The fraction of sp³-hybridized carbons (Fsp3) is 0.273. The van der Waals surface area contributed by atoms with Crippen LogP contribution in [-0.4, -0.2) is 31.3 Å². The van der Waals surface area contributed by atoms with E-state index in [4.69, 9.17) is 5.11 Å². The molecule has 0 fully saturated rings. The van der Waals surface area contributed by atoms with Crippen LogP contribution in [0.2, 0.25) is 0 Å². The Labute approximate surface area is 97.9 Å². The number of aliphatic carboxylic acids is 1. The summed E-state index contributed by atoms with van der Waals surface area (Å²) in [5, 5.41) is 20.2. The highest BCUT2D eigenvalue weighted by Gasteiger charge is 2.08. The van der Waals surface area contributed by atoms with Crippen molar-refractivity contribution in [2.24, 2.45) is 0 Å². The van der Waals surface area contributed by atoms with Gasteiger partial charge in [0.2, 0.25) is 0 Å². The fourth-order valence-corrected chi connectivity index (χ4v) is 1.62. The minimum Gasteiger partial charge on any atom is -0.481 e. The van der Waals surface area contributed by atoms with Gasteiger partial charge in [-0.2, -0.15) is 0 Å². The van der Waals surface area contributed by atoms with Gasteiger partial charge < -0.3 is 5.11 Å². The van der Waals surface area contributed by atoms with Gasteiger partial charge in [-0.05, 0) is 42.3 Å². The van der Waals surface area contributed by atoms with Crippen molar-refractivity contribution in [2.45, 2.75) is 20.3 Å². The van der Waals surface area contributed by atoms with Crippen LogP contribution in [0, 0.1) is 13.8 Å². The molecule has 0 radical (unpaired) electrons. The summed E-state index contributed by atoms with van der Waals surface area (Å²) in [5.41, 5.74) is 2.97. The van der Waals surface area contributed by atoms with Crippen molar-refractivity contribution >= 4 is 5.97 Å². The standard InChI is InChI=1S/C11H12N4O2/c1-7-3-8(2)5-9(4-7)15-13-10(12-14-15)6-11(16)17/h3-5H,6H2,1-2H3,(H,16,17). The molecule has 2 aromatic rings. The normalized spacial score (nSPS) is 10.5. The molecule has 88 valence electrons. The van der Waals surface area contributed by atoms with Gasteiger partial charge in [0.05, 0.1) is 5.69 Å². The smallest absolute Gasteiger partial charge is 0.311 e. The van der Waals surface area contributed by atoms with E-state index in [1.165, 1.54) is 4.80 Å². The first-order valence-electron chi connectivity index (χ1n) is 5.14. The lowest BCUT2D eigenvalue weighted by molar-refractivity contribution is -0.136. The number of tetrazole rings is 1. The van der Waals surface area contributed by atoms with E-state index in [1.807, 2.05) is 32.0 Å². The van der Waals surface area contributed by atoms with E-state index >= 15 is 0 Å².